The van der Waals surface area contributed by atoms with Gasteiger partial charge in [-0.25, -0.2) is 0 Å². The van der Waals surface area contributed by atoms with Gasteiger partial charge in [0.1, 0.15) is 6.04 Å². The average molecular weight is 332 g/mol. The molecule has 132 valence electrons. The number of hydrogen-bond acceptors (Lipinski definition) is 3. The van der Waals surface area contributed by atoms with Crippen LogP contribution in [0.5, 0.6) is 0 Å². The Bertz CT molecular complexity index is 557. The van der Waals surface area contributed by atoms with E-state index in [1.807, 2.05) is 44.2 Å². The summed E-state index contributed by atoms with van der Waals surface area (Å²) in [6.45, 7) is 6.85. The van der Waals surface area contributed by atoms with E-state index in [9.17, 15) is 14.7 Å². The zero-order valence-corrected chi connectivity index (χ0v) is 14.7. The van der Waals surface area contributed by atoms with Crippen LogP contribution in [0.4, 0.5) is 0 Å². The van der Waals surface area contributed by atoms with Crippen molar-refractivity contribution in [1.82, 2.24) is 10.2 Å². The third kappa shape index (κ3) is 4.81. The quantitative estimate of drug-likeness (QED) is 0.831. The lowest BCUT2D eigenvalue weighted by Crippen LogP contribution is -2.51. The first-order valence-electron chi connectivity index (χ1n) is 8.68. The Morgan fingerprint density at radius 3 is 2.46 bits per heavy atom. The molecule has 1 aliphatic rings. The van der Waals surface area contributed by atoms with Gasteiger partial charge in [0, 0.05) is 19.0 Å². The molecule has 1 aromatic carbocycles. The van der Waals surface area contributed by atoms with Crippen molar-refractivity contribution in [2.24, 2.45) is 11.8 Å². The summed E-state index contributed by atoms with van der Waals surface area (Å²) in [5, 5.41) is 12.6. The molecular formula is C19H28N2O3. The molecule has 2 rings (SSSR count). The number of aliphatic hydroxyl groups excluding tert-OH is 1. The number of likely N-dealkylation sites (tertiary alicyclic amines) is 1. The van der Waals surface area contributed by atoms with Crippen LogP contribution in [0.25, 0.3) is 0 Å². The summed E-state index contributed by atoms with van der Waals surface area (Å²) in [7, 11) is 0. The first kappa shape index (κ1) is 18.5. The lowest BCUT2D eigenvalue weighted by atomic mass is 10.0. The highest BCUT2D eigenvalue weighted by Gasteiger charge is 2.34. The van der Waals surface area contributed by atoms with Crippen LogP contribution >= 0.6 is 0 Å². The molecule has 1 saturated heterocycles. The fourth-order valence-electron chi connectivity index (χ4n) is 3.10. The molecule has 1 aromatic rings. The van der Waals surface area contributed by atoms with E-state index in [-0.39, 0.29) is 30.1 Å². The van der Waals surface area contributed by atoms with E-state index in [0.717, 1.165) is 12.0 Å². The highest BCUT2D eigenvalue weighted by atomic mass is 16.3. The Kier molecular flexibility index (Phi) is 6.37. The largest absolute Gasteiger partial charge is 0.393 e. The van der Waals surface area contributed by atoms with Crippen molar-refractivity contribution in [3.8, 4) is 0 Å². The maximum atomic E-state index is 12.8. The summed E-state index contributed by atoms with van der Waals surface area (Å²) < 4.78 is 0. The van der Waals surface area contributed by atoms with Crippen LogP contribution in [0.3, 0.4) is 0 Å². The minimum absolute atomic E-state index is 0.0165. The maximum absolute atomic E-state index is 12.8. The van der Waals surface area contributed by atoms with E-state index >= 15 is 0 Å². The predicted octanol–water partition coefficient (Wildman–Crippen LogP) is 1.60. The molecule has 24 heavy (non-hydrogen) atoms. The number of aliphatic hydroxyl groups is 1. The summed E-state index contributed by atoms with van der Waals surface area (Å²) >= 11 is 0. The highest BCUT2D eigenvalue weighted by molar-refractivity contribution is 5.88. The molecule has 0 radical (unpaired) electrons. The van der Waals surface area contributed by atoms with Gasteiger partial charge in [0.25, 0.3) is 0 Å². The van der Waals surface area contributed by atoms with Gasteiger partial charge in [0.05, 0.1) is 12.5 Å². The lowest BCUT2D eigenvalue weighted by Gasteiger charge is -2.27. The fraction of sp³-hybridized carbons (Fsp3) is 0.579. The number of hydrogen-bond donors (Lipinski definition) is 2. The van der Waals surface area contributed by atoms with E-state index in [4.69, 9.17) is 0 Å². The minimum Gasteiger partial charge on any atom is -0.393 e. The van der Waals surface area contributed by atoms with Crippen LogP contribution in [0.1, 0.15) is 32.8 Å². The van der Waals surface area contributed by atoms with Crippen LogP contribution in [-0.4, -0.2) is 47.1 Å². The Hall–Kier alpha value is -1.88. The number of carbonyl (C=O) groups is 2. The summed E-state index contributed by atoms with van der Waals surface area (Å²) in [5.41, 5.74) is 0.931. The Labute approximate surface area is 144 Å². The number of rotatable bonds is 6. The van der Waals surface area contributed by atoms with Gasteiger partial charge in [-0.15, -0.1) is 0 Å². The topological polar surface area (TPSA) is 69.6 Å². The molecule has 0 saturated carbocycles. The van der Waals surface area contributed by atoms with Crippen LogP contribution < -0.4 is 5.32 Å². The maximum Gasteiger partial charge on any atom is 0.245 e. The number of amides is 2. The second-order valence-electron chi connectivity index (χ2n) is 7.03. The summed E-state index contributed by atoms with van der Waals surface area (Å²) in [5.74, 6) is -0.0429. The molecule has 0 aliphatic carbocycles. The Balaban J connectivity index is 1.96. The van der Waals surface area contributed by atoms with Crippen molar-refractivity contribution in [2.45, 2.75) is 45.8 Å². The van der Waals surface area contributed by atoms with Gasteiger partial charge in [-0.05, 0) is 24.8 Å². The second-order valence-corrected chi connectivity index (χ2v) is 7.03. The van der Waals surface area contributed by atoms with Gasteiger partial charge >= 0.3 is 0 Å². The third-order valence-corrected chi connectivity index (χ3v) is 4.68. The average Bonchev–Trinajstić information content (AvgIpc) is 3.03. The van der Waals surface area contributed by atoms with Crippen LogP contribution in [-0.2, 0) is 16.0 Å². The molecule has 2 N–H and O–H groups in total. The van der Waals surface area contributed by atoms with Crippen LogP contribution in [0, 0.1) is 11.8 Å². The molecule has 0 aromatic heterocycles. The van der Waals surface area contributed by atoms with E-state index < -0.39 is 12.1 Å². The molecule has 3 unspecified atom stereocenters. The fourth-order valence-corrected chi connectivity index (χ4v) is 3.10. The molecule has 3 atom stereocenters. The standard InChI is InChI=1S/C19H28N2O3/c1-13(2)18(19(24)21-10-9-16(12-21)14(3)22)20-17(23)11-15-7-5-4-6-8-15/h4-8,13-14,16,18,22H,9-12H2,1-3H3,(H,20,23). The second kappa shape index (κ2) is 8.29. The van der Waals surface area contributed by atoms with Gasteiger partial charge in [-0.1, -0.05) is 44.2 Å². The number of nitrogens with zero attached hydrogens (tertiary/aromatic N) is 1. The van der Waals surface area contributed by atoms with Gasteiger partial charge in [0.15, 0.2) is 0 Å². The third-order valence-electron chi connectivity index (χ3n) is 4.68. The first-order chi connectivity index (χ1) is 11.4. The molecule has 1 fully saturated rings. The molecular weight excluding hydrogens is 304 g/mol. The first-order valence-corrected chi connectivity index (χ1v) is 8.68. The van der Waals surface area contributed by atoms with Crippen LogP contribution in [0.15, 0.2) is 30.3 Å². The van der Waals surface area contributed by atoms with Gasteiger partial charge in [-0.2, -0.15) is 0 Å². The van der Waals surface area contributed by atoms with Crippen molar-refractivity contribution in [2.75, 3.05) is 13.1 Å². The molecule has 1 heterocycles. The normalized spacial score (nSPS) is 20.0. The van der Waals surface area contributed by atoms with Crippen molar-refractivity contribution >= 4 is 11.8 Å². The Morgan fingerprint density at radius 1 is 1.25 bits per heavy atom. The smallest absolute Gasteiger partial charge is 0.245 e. The molecule has 5 nitrogen and oxygen atoms in total. The summed E-state index contributed by atoms with van der Waals surface area (Å²) in [6.07, 6.45) is 0.674. The molecule has 2 amide bonds. The van der Waals surface area contributed by atoms with E-state index in [1.54, 1.807) is 11.8 Å². The number of benzene rings is 1. The molecule has 1 aliphatic heterocycles. The van der Waals surface area contributed by atoms with Gasteiger partial charge in [0.2, 0.25) is 11.8 Å². The summed E-state index contributed by atoms with van der Waals surface area (Å²) in [6, 6.07) is 8.99. The van der Waals surface area contributed by atoms with E-state index in [2.05, 4.69) is 5.32 Å². The predicted molar refractivity (Wildman–Crippen MR) is 93.3 cm³/mol. The van der Waals surface area contributed by atoms with E-state index in [0.29, 0.717) is 13.1 Å². The van der Waals surface area contributed by atoms with Crippen molar-refractivity contribution in [1.29, 1.82) is 0 Å². The van der Waals surface area contributed by atoms with Crippen LogP contribution in [0.2, 0.25) is 0 Å². The van der Waals surface area contributed by atoms with Crippen molar-refractivity contribution in [3.05, 3.63) is 35.9 Å². The highest BCUT2D eigenvalue weighted by Crippen LogP contribution is 2.21. The number of carbonyl (C=O) groups excluding carboxylic acids is 2. The monoisotopic (exact) mass is 332 g/mol. The van der Waals surface area contributed by atoms with Gasteiger partial charge < -0.3 is 15.3 Å². The number of nitrogens with one attached hydrogen (secondary N) is 1. The SMILES string of the molecule is CC(C)C(NC(=O)Cc1ccccc1)C(=O)N1CCC(C(C)O)C1. The molecule has 5 heteroatoms. The summed E-state index contributed by atoms with van der Waals surface area (Å²) in [4.78, 5) is 26.8. The lowest BCUT2D eigenvalue weighted by molar-refractivity contribution is -0.136. The minimum atomic E-state index is -0.519. The van der Waals surface area contributed by atoms with Gasteiger partial charge in [-0.3, -0.25) is 9.59 Å². The zero-order valence-electron chi connectivity index (χ0n) is 14.7. The van der Waals surface area contributed by atoms with Crippen molar-refractivity contribution < 1.29 is 14.7 Å². The Morgan fingerprint density at radius 2 is 1.92 bits per heavy atom. The van der Waals surface area contributed by atoms with Crippen molar-refractivity contribution in [3.63, 3.8) is 0 Å². The van der Waals surface area contributed by atoms with E-state index in [1.165, 1.54) is 0 Å². The molecule has 0 bridgehead atoms. The zero-order chi connectivity index (χ0) is 17.7. The molecule has 0 spiro atoms.